The van der Waals surface area contributed by atoms with Gasteiger partial charge in [-0.25, -0.2) is 0 Å². The predicted molar refractivity (Wildman–Crippen MR) is 83.4 cm³/mol. The predicted octanol–water partition coefficient (Wildman–Crippen LogP) is 2.81. The highest BCUT2D eigenvalue weighted by atomic mass is 16.5. The average molecular weight is 292 g/mol. The summed E-state index contributed by atoms with van der Waals surface area (Å²) in [6, 6.07) is 5.14. The molecule has 1 aliphatic carbocycles. The molecule has 2 rings (SSSR count). The van der Waals surface area contributed by atoms with Crippen molar-refractivity contribution in [2.24, 2.45) is 5.92 Å². The molecule has 0 aliphatic heterocycles. The molecule has 5 heteroatoms. The van der Waals surface area contributed by atoms with Gasteiger partial charge >= 0.3 is 0 Å². The lowest BCUT2D eigenvalue weighted by molar-refractivity contribution is -0.124. The number of benzene rings is 1. The van der Waals surface area contributed by atoms with E-state index in [1.807, 2.05) is 0 Å². The molecule has 0 saturated heterocycles. The van der Waals surface area contributed by atoms with Gasteiger partial charge in [0.15, 0.2) is 0 Å². The van der Waals surface area contributed by atoms with Crippen molar-refractivity contribution in [3.8, 4) is 5.75 Å². The van der Waals surface area contributed by atoms with E-state index in [1.165, 1.54) is 19.3 Å². The molecule has 2 atom stereocenters. The van der Waals surface area contributed by atoms with E-state index < -0.39 is 0 Å². The summed E-state index contributed by atoms with van der Waals surface area (Å²) < 4.78 is 11.0. The molecule has 21 heavy (non-hydrogen) atoms. The van der Waals surface area contributed by atoms with Crippen molar-refractivity contribution in [2.75, 3.05) is 24.8 Å². The minimum Gasteiger partial charge on any atom is -0.495 e. The Hall–Kier alpha value is -1.75. The molecule has 1 aliphatic rings. The molecule has 0 radical (unpaired) electrons. The second-order valence-electron chi connectivity index (χ2n) is 5.62. The van der Waals surface area contributed by atoms with Crippen LogP contribution in [0.15, 0.2) is 18.2 Å². The van der Waals surface area contributed by atoms with Gasteiger partial charge in [-0.2, -0.15) is 0 Å². The average Bonchev–Trinajstić information content (AvgIpc) is 2.47. The molecule has 1 fully saturated rings. The first kappa shape index (κ1) is 15.6. The number of amides is 1. The van der Waals surface area contributed by atoms with E-state index in [-0.39, 0.29) is 18.6 Å². The van der Waals surface area contributed by atoms with Gasteiger partial charge < -0.3 is 20.5 Å². The van der Waals surface area contributed by atoms with Crippen LogP contribution in [0.25, 0.3) is 0 Å². The van der Waals surface area contributed by atoms with Gasteiger partial charge in [-0.3, -0.25) is 4.79 Å². The van der Waals surface area contributed by atoms with Gasteiger partial charge in [-0.1, -0.05) is 19.8 Å². The summed E-state index contributed by atoms with van der Waals surface area (Å²) in [4.78, 5) is 12.0. The number of carbonyl (C=O) groups excluding carboxylic acids is 1. The van der Waals surface area contributed by atoms with Crippen molar-refractivity contribution in [1.29, 1.82) is 0 Å². The van der Waals surface area contributed by atoms with Crippen LogP contribution in [0.3, 0.4) is 0 Å². The van der Waals surface area contributed by atoms with Crippen LogP contribution in [0.1, 0.15) is 32.6 Å². The Labute approximate surface area is 125 Å². The number of hydrogen-bond acceptors (Lipinski definition) is 4. The van der Waals surface area contributed by atoms with Crippen LogP contribution in [0, 0.1) is 5.92 Å². The highest BCUT2D eigenvalue weighted by Crippen LogP contribution is 2.28. The summed E-state index contributed by atoms with van der Waals surface area (Å²) in [5.74, 6) is 0.925. The summed E-state index contributed by atoms with van der Waals surface area (Å²) in [5.41, 5.74) is 6.88. The van der Waals surface area contributed by atoms with E-state index in [0.29, 0.717) is 23.0 Å². The molecule has 0 spiro atoms. The first-order chi connectivity index (χ1) is 10.1. The zero-order chi connectivity index (χ0) is 15.2. The van der Waals surface area contributed by atoms with E-state index in [2.05, 4.69) is 12.2 Å². The Morgan fingerprint density at radius 3 is 2.86 bits per heavy atom. The zero-order valence-electron chi connectivity index (χ0n) is 12.7. The fourth-order valence-corrected chi connectivity index (χ4v) is 2.72. The van der Waals surface area contributed by atoms with E-state index >= 15 is 0 Å². The van der Waals surface area contributed by atoms with Gasteiger partial charge in [0.2, 0.25) is 5.91 Å². The van der Waals surface area contributed by atoms with Crippen LogP contribution in [0.2, 0.25) is 0 Å². The summed E-state index contributed by atoms with van der Waals surface area (Å²) in [7, 11) is 1.56. The smallest absolute Gasteiger partial charge is 0.250 e. The van der Waals surface area contributed by atoms with Crippen LogP contribution in [0.5, 0.6) is 5.75 Å². The van der Waals surface area contributed by atoms with Gasteiger partial charge in [0.25, 0.3) is 0 Å². The Morgan fingerprint density at radius 1 is 1.38 bits per heavy atom. The topological polar surface area (TPSA) is 73.6 Å². The molecule has 0 heterocycles. The third-order valence-corrected chi connectivity index (χ3v) is 3.96. The molecule has 2 unspecified atom stereocenters. The molecule has 5 nitrogen and oxygen atoms in total. The Morgan fingerprint density at radius 2 is 2.14 bits per heavy atom. The lowest BCUT2D eigenvalue weighted by Crippen LogP contribution is -2.29. The molecular weight excluding hydrogens is 268 g/mol. The zero-order valence-corrected chi connectivity index (χ0v) is 12.7. The molecule has 1 aromatic rings. The van der Waals surface area contributed by atoms with Crippen molar-refractivity contribution >= 4 is 17.3 Å². The van der Waals surface area contributed by atoms with E-state index in [0.717, 1.165) is 6.42 Å². The number of methoxy groups -OCH3 is 1. The standard InChI is InChI=1S/C16H24N2O3/c1-11-5-3-4-6-14(11)21-10-16(19)18-13-9-12(17)7-8-15(13)20-2/h7-9,11,14H,3-6,10,17H2,1-2H3,(H,18,19). The van der Waals surface area contributed by atoms with E-state index in [9.17, 15) is 4.79 Å². The fourth-order valence-electron chi connectivity index (χ4n) is 2.72. The number of anilines is 2. The lowest BCUT2D eigenvalue weighted by atomic mass is 9.88. The summed E-state index contributed by atoms with van der Waals surface area (Å²) in [5, 5.41) is 2.79. The van der Waals surface area contributed by atoms with Crippen LogP contribution in [-0.2, 0) is 9.53 Å². The molecule has 3 N–H and O–H groups in total. The maximum atomic E-state index is 12.0. The summed E-state index contributed by atoms with van der Waals surface area (Å²) in [6.45, 7) is 2.25. The minimum absolute atomic E-state index is 0.0625. The first-order valence-electron chi connectivity index (χ1n) is 7.45. The van der Waals surface area contributed by atoms with Crippen LogP contribution in [-0.4, -0.2) is 25.7 Å². The molecule has 1 saturated carbocycles. The monoisotopic (exact) mass is 292 g/mol. The highest BCUT2D eigenvalue weighted by Gasteiger charge is 2.22. The molecule has 0 bridgehead atoms. The number of nitrogen functional groups attached to an aromatic ring is 1. The number of nitrogens with one attached hydrogen (secondary N) is 1. The molecule has 0 aromatic heterocycles. The van der Waals surface area contributed by atoms with Crippen molar-refractivity contribution < 1.29 is 14.3 Å². The largest absolute Gasteiger partial charge is 0.495 e. The number of nitrogens with two attached hydrogens (primary N) is 1. The Kier molecular flexibility index (Phi) is 5.44. The maximum absolute atomic E-state index is 12.0. The maximum Gasteiger partial charge on any atom is 0.250 e. The first-order valence-corrected chi connectivity index (χ1v) is 7.45. The molecular formula is C16H24N2O3. The second-order valence-corrected chi connectivity index (χ2v) is 5.62. The minimum atomic E-state index is -0.184. The lowest BCUT2D eigenvalue weighted by Gasteiger charge is -2.28. The van der Waals surface area contributed by atoms with Crippen molar-refractivity contribution in [2.45, 2.75) is 38.7 Å². The Bertz CT molecular complexity index is 490. The summed E-state index contributed by atoms with van der Waals surface area (Å²) >= 11 is 0. The van der Waals surface area contributed by atoms with E-state index in [4.69, 9.17) is 15.2 Å². The van der Waals surface area contributed by atoms with Crippen LogP contribution in [0.4, 0.5) is 11.4 Å². The van der Waals surface area contributed by atoms with Gasteiger partial charge in [-0.15, -0.1) is 0 Å². The molecule has 1 amide bonds. The van der Waals surface area contributed by atoms with Crippen molar-refractivity contribution in [3.05, 3.63) is 18.2 Å². The number of carbonyl (C=O) groups is 1. The Balaban J connectivity index is 1.88. The quantitative estimate of drug-likeness (QED) is 0.818. The molecule has 1 aromatic carbocycles. The second kappa shape index (κ2) is 7.31. The molecule has 116 valence electrons. The van der Waals surface area contributed by atoms with E-state index in [1.54, 1.807) is 25.3 Å². The van der Waals surface area contributed by atoms with Crippen molar-refractivity contribution in [3.63, 3.8) is 0 Å². The third kappa shape index (κ3) is 4.36. The van der Waals surface area contributed by atoms with Crippen molar-refractivity contribution in [1.82, 2.24) is 0 Å². The van der Waals surface area contributed by atoms with Crippen LogP contribution >= 0.6 is 0 Å². The van der Waals surface area contributed by atoms with Gasteiger partial charge in [-0.05, 0) is 37.0 Å². The van der Waals surface area contributed by atoms with Gasteiger partial charge in [0.1, 0.15) is 12.4 Å². The summed E-state index contributed by atoms with van der Waals surface area (Å²) in [6.07, 6.45) is 4.84. The SMILES string of the molecule is COc1ccc(N)cc1NC(=O)COC1CCCCC1C. The normalized spacial score (nSPS) is 21.8. The highest BCUT2D eigenvalue weighted by molar-refractivity contribution is 5.93. The van der Waals surface area contributed by atoms with Gasteiger partial charge in [0.05, 0.1) is 18.9 Å². The van der Waals surface area contributed by atoms with Gasteiger partial charge in [0, 0.05) is 5.69 Å². The number of ether oxygens (including phenoxy) is 2. The number of hydrogen-bond donors (Lipinski definition) is 2. The fraction of sp³-hybridized carbons (Fsp3) is 0.562. The number of rotatable bonds is 5. The third-order valence-electron chi connectivity index (χ3n) is 3.96. The van der Waals surface area contributed by atoms with Crippen LogP contribution < -0.4 is 15.8 Å².